The first-order chi connectivity index (χ1) is 10.9. The van der Waals surface area contributed by atoms with Gasteiger partial charge in [-0.3, -0.25) is 4.79 Å². The number of hydrogen-bond donors (Lipinski definition) is 1. The molecule has 1 N–H and O–H groups in total. The van der Waals surface area contributed by atoms with Crippen LogP contribution in [-0.4, -0.2) is 42.2 Å². The van der Waals surface area contributed by atoms with Crippen molar-refractivity contribution in [2.45, 2.75) is 38.1 Å². The molecule has 3 atom stereocenters. The van der Waals surface area contributed by atoms with Gasteiger partial charge in [-0.2, -0.15) is 0 Å². The molecule has 1 aliphatic heterocycles. The Bertz CT molecular complexity index is 498. The summed E-state index contributed by atoms with van der Waals surface area (Å²) in [5.74, 6) is 1.61. The number of rotatable bonds is 6. The van der Waals surface area contributed by atoms with Gasteiger partial charge in [0.1, 0.15) is 5.82 Å². The average molecular weight is 338 g/mol. The van der Waals surface area contributed by atoms with Crippen LogP contribution in [0, 0.1) is 17.7 Å². The quantitative estimate of drug-likeness (QED) is 0.807. The molecule has 1 amide bonds. The highest BCUT2D eigenvalue weighted by atomic mass is 32.2. The monoisotopic (exact) mass is 338 g/mol. The van der Waals surface area contributed by atoms with Crippen LogP contribution in [0.15, 0.2) is 29.2 Å². The Morgan fingerprint density at radius 1 is 1.30 bits per heavy atom. The van der Waals surface area contributed by atoms with Crippen molar-refractivity contribution in [3.63, 3.8) is 0 Å². The van der Waals surface area contributed by atoms with Crippen LogP contribution in [0.25, 0.3) is 0 Å². The summed E-state index contributed by atoms with van der Waals surface area (Å²) in [6.45, 7) is 9.80. The SMILES string of the molecule is C[C@@H]1C[C@@H](C)CN(C[C@H](C)NC(=O)CSc2ccc(F)cc2)C1. The summed E-state index contributed by atoms with van der Waals surface area (Å²) >= 11 is 1.43. The molecule has 5 heteroatoms. The van der Waals surface area contributed by atoms with E-state index >= 15 is 0 Å². The molecule has 1 aromatic carbocycles. The molecule has 23 heavy (non-hydrogen) atoms. The molecule has 0 spiro atoms. The molecule has 0 saturated carbocycles. The molecule has 0 aliphatic carbocycles. The van der Waals surface area contributed by atoms with E-state index in [1.165, 1.54) is 30.3 Å². The minimum Gasteiger partial charge on any atom is -0.352 e. The molecular weight excluding hydrogens is 311 g/mol. The molecule has 1 aromatic rings. The van der Waals surface area contributed by atoms with Crippen molar-refractivity contribution in [2.75, 3.05) is 25.4 Å². The number of hydrogen-bond acceptors (Lipinski definition) is 3. The normalized spacial score (nSPS) is 23.5. The molecule has 3 nitrogen and oxygen atoms in total. The zero-order valence-electron chi connectivity index (χ0n) is 14.2. The zero-order chi connectivity index (χ0) is 16.8. The predicted octanol–water partition coefficient (Wildman–Crippen LogP) is 3.40. The van der Waals surface area contributed by atoms with E-state index in [0.717, 1.165) is 36.4 Å². The molecule has 0 aromatic heterocycles. The lowest BCUT2D eigenvalue weighted by atomic mass is 9.92. The highest BCUT2D eigenvalue weighted by Crippen LogP contribution is 2.21. The number of nitrogens with zero attached hydrogens (tertiary/aromatic N) is 1. The standard InChI is InChI=1S/C18H27FN2OS/c1-13-8-14(2)10-21(9-13)11-15(3)20-18(22)12-23-17-6-4-16(19)5-7-17/h4-7,13-15H,8-12H2,1-3H3,(H,20,22)/t13-,14-,15+/m1/s1. The Hall–Kier alpha value is -1.07. The molecule has 1 aliphatic rings. The first-order valence-corrected chi connectivity index (χ1v) is 9.31. The largest absolute Gasteiger partial charge is 0.352 e. The van der Waals surface area contributed by atoms with Crippen molar-refractivity contribution < 1.29 is 9.18 Å². The van der Waals surface area contributed by atoms with Gasteiger partial charge in [0, 0.05) is 30.6 Å². The molecule has 128 valence electrons. The summed E-state index contributed by atoms with van der Waals surface area (Å²) in [5, 5.41) is 3.06. The molecule has 0 radical (unpaired) electrons. The minimum absolute atomic E-state index is 0.0323. The van der Waals surface area contributed by atoms with E-state index in [1.807, 2.05) is 0 Å². The van der Waals surface area contributed by atoms with Crippen molar-refractivity contribution in [1.29, 1.82) is 0 Å². The fourth-order valence-electron chi connectivity index (χ4n) is 3.37. The summed E-state index contributed by atoms with van der Waals surface area (Å²) in [4.78, 5) is 15.4. The maximum absolute atomic E-state index is 12.8. The molecule has 0 unspecified atom stereocenters. The maximum Gasteiger partial charge on any atom is 0.230 e. The van der Waals surface area contributed by atoms with Crippen molar-refractivity contribution >= 4 is 17.7 Å². The Morgan fingerprint density at radius 2 is 1.91 bits per heavy atom. The van der Waals surface area contributed by atoms with Crippen LogP contribution in [-0.2, 0) is 4.79 Å². The minimum atomic E-state index is -0.252. The van der Waals surface area contributed by atoms with Crippen LogP contribution in [0.5, 0.6) is 0 Å². The van der Waals surface area contributed by atoms with E-state index in [2.05, 4.69) is 31.0 Å². The second-order valence-electron chi connectivity index (χ2n) is 6.88. The zero-order valence-corrected chi connectivity index (χ0v) is 15.0. The van der Waals surface area contributed by atoms with Crippen LogP contribution in [0.4, 0.5) is 4.39 Å². The van der Waals surface area contributed by atoms with Gasteiger partial charge in [-0.15, -0.1) is 11.8 Å². The molecule has 0 bridgehead atoms. The maximum atomic E-state index is 12.8. The summed E-state index contributed by atoms with van der Waals surface area (Å²) in [6.07, 6.45) is 1.30. The van der Waals surface area contributed by atoms with Gasteiger partial charge in [0.2, 0.25) is 5.91 Å². The van der Waals surface area contributed by atoms with E-state index in [0.29, 0.717) is 5.75 Å². The number of amides is 1. The number of likely N-dealkylation sites (tertiary alicyclic amines) is 1. The second kappa shape index (κ2) is 8.69. The fraction of sp³-hybridized carbons (Fsp3) is 0.611. The molecule has 1 fully saturated rings. The van der Waals surface area contributed by atoms with Gasteiger partial charge in [-0.25, -0.2) is 4.39 Å². The van der Waals surface area contributed by atoms with Crippen LogP contribution >= 0.6 is 11.8 Å². The topological polar surface area (TPSA) is 32.3 Å². The van der Waals surface area contributed by atoms with Crippen LogP contribution in [0.1, 0.15) is 27.2 Å². The van der Waals surface area contributed by atoms with E-state index in [4.69, 9.17) is 0 Å². The Morgan fingerprint density at radius 3 is 2.52 bits per heavy atom. The molecular formula is C18H27FN2OS. The third-order valence-electron chi connectivity index (χ3n) is 4.07. The predicted molar refractivity (Wildman–Crippen MR) is 94.1 cm³/mol. The number of halogens is 1. The smallest absolute Gasteiger partial charge is 0.230 e. The number of nitrogens with one attached hydrogen (secondary N) is 1. The van der Waals surface area contributed by atoms with Crippen molar-refractivity contribution in [3.05, 3.63) is 30.1 Å². The van der Waals surface area contributed by atoms with Gasteiger partial charge >= 0.3 is 0 Å². The van der Waals surface area contributed by atoms with Crippen molar-refractivity contribution in [1.82, 2.24) is 10.2 Å². The summed E-state index contributed by atoms with van der Waals surface area (Å²) in [7, 11) is 0. The number of piperidine rings is 1. The highest BCUT2D eigenvalue weighted by Gasteiger charge is 2.23. The summed E-state index contributed by atoms with van der Waals surface area (Å²) in [6, 6.07) is 6.39. The van der Waals surface area contributed by atoms with Gasteiger partial charge in [0.05, 0.1) is 5.75 Å². The second-order valence-corrected chi connectivity index (χ2v) is 7.92. The Balaban J connectivity index is 1.70. The third-order valence-corrected chi connectivity index (χ3v) is 5.08. The first-order valence-electron chi connectivity index (χ1n) is 8.32. The van der Waals surface area contributed by atoms with E-state index in [9.17, 15) is 9.18 Å². The highest BCUT2D eigenvalue weighted by molar-refractivity contribution is 8.00. The van der Waals surface area contributed by atoms with Crippen molar-refractivity contribution in [2.24, 2.45) is 11.8 Å². The first kappa shape index (κ1) is 18.3. The van der Waals surface area contributed by atoms with Gasteiger partial charge in [-0.05, 0) is 49.4 Å². The van der Waals surface area contributed by atoms with Gasteiger partial charge in [0.25, 0.3) is 0 Å². The molecule has 1 saturated heterocycles. The summed E-state index contributed by atoms with van der Waals surface area (Å²) < 4.78 is 12.8. The van der Waals surface area contributed by atoms with E-state index in [-0.39, 0.29) is 17.8 Å². The number of carbonyl (C=O) groups excluding carboxylic acids is 1. The fourth-order valence-corrected chi connectivity index (χ4v) is 4.08. The number of benzene rings is 1. The number of carbonyl (C=O) groups is 1. The third kappa shape index (κ3) is 6.51. The van der Waals surface area contributed by atoms with Crippen molar-refractivity contribution in [3.8, 4) is 0 Å². The van der Waals surface area contributed by atoms with Crippen LogP contribution in [0.3, 0.4) is 0 Å². The van der Waals surface area contributed by atoms with Gasteiger partial charge in [-0.1, -0.05) is 13.8 Å². The lowest BCUT2D eigenvalue weighted by Crippen LogP contribution is -2.47. The van der Waals surface area contributed by atoms with E-state index < -0.39 is 0 Å². The van der Waals surface area contributed by atoms with E-state index in [1.54, 1.807) is 12.1 Å². The Kier molecular flexibility index (Phi) is 6.90. The summed E-state index contributed by atoms with van der Waals surface area (Å²) in [5.41, 5.74) is 0. The average Bonchev–Trinajstić information content (AvgIpc) is 2.45. The molecule has 1 heterocycles. The van der Waals surface area contributed by atoms with Crippen LogP contribution in [0.2, 0.25) is 0 Å². The molecule has 2 rings (SSSR count). The Labute approximate surface area is 143 Å². The lowest BCUT2D eigenvalue weighted by Gasteiger charge is -2.36. The van der Waals surface area contributed by atoms with Gasteiger partial charge in [0.15, 0.2) is 0 Å². The number of thioether (sulfide) groups is 1. The van der Waals surface area contributed by atoms with Crippen LogP contribution < -0.4 is 5.32 Å². The lowest BCUT2D eigenvalue weighted by molar-refractivity contribution is -0.119. The van der Waals surface area contributed by atoms with Gasteiger partial charge < -0.3 is 10.2 Å².